The van der Waals surface area contributed by atoms with Crippen LogP contribution in [0.5, 0.6) is 0 Å². The maximum absolute atomic E-state index is 11.4. The van der Waals surface area contributed by atoms with Gasteiger partial charge in [-0.15, -0.1) is 0 Å². The molecule has 88 valence electrons. The molecule has 4 heteroatoms. The zero-order valence-electron chi connectivity index (χ0n) is 10.0. The molecule has 1 fully saturated rings. The monoisotopic (exact) mass is 240 g/mol. The number of carbonyl (C=O) groups is 1. The van der Waals surface area contributed by atoms with Crippen LogP contribution in [0.3, 0.4) is 0 Å². The van der Waals surface area contributed by atoms with Crippen molar-refractivity contribution >= 4 is 17.4 Å². The van der Waals surface area contributed by atoms with Crippen molar-refractivity contribution in [3.05, 3.63) is 16.4 Å². The topological polar surface area (TPSA) is 34.9 Å². The summed E-state index contributed by atoms with van der Waals surface area (Å²) in [4.78, 5) is 11.4. The molecule has 1 saturated carbocycles. The first-order valence-corrected chi connectivity index (χ1v) is 5.99. The van der Waals surface area contributed by atoms with E-state index in [1.807, 2.05) is 18.7 Å². The first kappa shape index (κ1) is 11.6. The molecule has 0 spiro atoms. The molecule has 0 N–H and O–H groups in total. The molecule has 16 heavy (non-hydrogen) atoms. The highest BCUT2D eigenvalue weighted by Gasteiger charge is 2.35. The molecule has 2 rings (SSSR count). The predicted octanol–water partition coefficient (Wildman–Crippen LogP) is 2.68. The van der Waals surface area contributed by atoms with Crippen molar-refractivity contribution < 1.29 is 4.79 Å². The van der Waals surface area contributed by atoms with Crippen molar-refractivity contribution in [3.63, 3.8) is 0 Å². The predicted molar refractivity (Wildman–Crippen MR) is 63.6 cm³/mol. The highest BCUT2D eigenvalue weighted by molar-refractivity contribution is 6.31. The number of aromatic nitrogens is 2. The van der Waals surface area contributed by atoms with Gasteiger partial charge in [0.1, 0.15) is 5.78 Å². The lowest BCUT2D eigenvalue weighted by Crippen LogP contribution is -2.18. The van der Waals surface area contributed by atoms with Gasteiger partial charge < -0.3 is 0 Å². The fraction of sp³-hybridized carbons (Fsp3) is 0.667. The summed E-state index contributed by atoms with van der Waals surface area (Å²) in [5, 5.41) is 5.06. The summed E-state index contributed by atoms with van der Waals surface area (Å²) < 4.78 is 1.84. The van der Waals surface area contributed by atoms with E-state index in [-0.39, 0.29) is 5.41 Å². The van der Waals surface area contributed by atoms with Crippen LogP contribution in [0.2, 0.25) is 5.02 Å². The van der Waals surface area contributed by atoms with E-state index in [1.54, 1.807) is 0 Å². The second kappa shape index (κ2) is 3.88. The van der Waals surface area contributed by atoms with Crippen LogP contribution in [0, 0.1) is 12.3 Å². The second-order valence-electron chi connectivity index (χ2n) is 5.17. The number of Topliss-reactive ketones (excluding diaryl/α,β-unsaturated/α-hetero) is 1. The van der Waals surface area contributed by atoms with Gasteiger partial charge >= 0.3 is 0 Å². The zero-order valence-corrected chi connectivity index (χ0v) is 10.8. The largest absolute Gasteiger partial charge is 0.300 e. The van der Waals surface area contributed by atoms with Gasteiger partial charge in [0, 0.05) is 19.9 Å². The third-order valence-corrected chi connectivity index (χ3v) is 3.98. The molecule has 3 nitrogen and oxygen atoms in total. The van der Waals surface area contributed by atoms with Gasteiger partial charge in [-0.2, -0.15) is 5.10 Å². The molecule has 0 aromatic carbocycles. The van der Waals surface area contributed by atoms with Crippen LogP contribution in [-0.4, -0.2) is 15.6 Å². The van der Waals surface area contributed by atoms with Crippen LogP contribution in [0.15, 0.2) is 0 Å². The van der Waals surface area contributed by atoms with E-state index in [0.29, 0.717) is 18.6 Å². The van der Waals surface area contributed by atoms with Crippen molar-refractivity contribution in [3.8, 4) is 0 Å². The maximum Gasteiger partial charge on any atom is 0.133 e. The standard InChI is InChI=1S/C12H17ClN2O/c1-8-11(13)10(15(3)14-8)7-12(2)5-4-9(16)6-12/h4-7H2,1-3H3. The highest BCUT2D eigenvalue weighted by Crippen LogP contribution is 2.40. The first-order valence-electron chi connectivity index (χ1n) is 5.61. The van der Waals surface area contributed by atoms with Gasteiger partial charge in [0.15, 0.2) is 0 Å². The molecule has 1 aromatic rings. The van der Waals surface area contributed by atoms with E-state index >= 15 is 0 Å². The van der Waals surface area contributed by atoms with Crippen molar-refractivity contribution in [2.24, 2.45) is 12.5 Å². The molecule has 1 unspecified atom stereocenters. The Hall–Kier alpha value is -0.830. The van der Waals surface area contributed by atoms with Gasteiger partial charge in [0.2, 0.25) is 0 Å². The summed E-state index contributed by atoms with van der Waals surface area (Å²) in [6.45, 7) is 4.07. The van der Waals surface area contributed by atoms with E-state index in [4.69, 9.17) is 11.6 Å². The summed E-state index contributed by atoms with van der Waals surface area (Å²) in [7, 11) is 1.91. The Morgan fingerprint density at radius 3 is 2.69 bits per heavy atom. The SMILES string of the molecule is Cc1nn(C)c(CC2(C)CCC(=O)C2)c1Cl. The minimum Gasteiger partial charge on any atom is -0.300 e. The second-order valence-corrected chi connectivity index (χ2v) is 5.55. The molecular formula is C12H17ClN2O. The minimum atomic E-state index is 0.0704. The molecule has 0 radical (unpaired) electrons. The Morgan fingerprint density at radius 2 is 2.25 bits per heavy atom. The molecule has 0 amide bonds. The average Bonchev–Trinajstić information content (AvgIpc) is 2.63. The maximum atomic E-state index is 11.4. The van der Waals surface area contributed by atoms with Gasteiger partial charge in [-0.05, 0) is 25.2 Å². The first-order chi connectivity index (χ1) is 7.41. The molecule has 1 atom stereocenters. The Bertz CT molecular complexity index is 438. The normalized spacial score (nSPS) is 25.4. The van der Waals surface area contributed by atoms with E-state index in [0.717, 1.165) is 29.3 Å². The van der Waals surface area contributed by atoms with Gasteiger partial charge in [-0.3, -0.25) is 9.48 Å². The van der Waals surface area contributed by atoms with Crippen LogP contribution in [0.1, 0.15) is 37.6 Å². The van der Waals surface area contributed by atoms with Gasteiger partial charge in [-0.25, -0.2) is 0 Å². The van der Waals surface area contributed by atoms with Crippen LogP contribution in [-0.2, 0) is 18.3 Å². The lowest BCUT2D eigenvalue weighted by Gasteiger charge is -2.22. The van der Waals surface area contributed by atoms with E-state index < -0.39 is 0 Å². The van der Waals surface area contributed by atoms with E-state index in [2.05, 4.69) is 12.0 Å². The average molecular weight is 241 g/mol. The summed E-state index contributed by atoms with van der Waals surface area (Å²) in [6.07, 6.45) is 3.19. The lowest BCUT2D eigenvalue weighted by molar-refractivity contribution is -0.117. The molecule has 1 heterocycles. The van der Waals surface area contributed by atoms with E-state index in [9.17, 15) is 4.79 Å². The van der Waals surface area contributed by atoms with Crippen LogP contribution in [0.4, 0.5) is 0 Å². The summed E-state index contributed by atoms with van der Waals surface area (Å²) in [5.74, 6) is 0.373. The number of ketones is 1. The molecule has 1 aromatic heterocycles. The van der Waals surface area contributed by atoms with Crippen molar-refractivity contribution in [1.29, 1.82) is 0 Å². The third-order valence-electron chi connectivity index (χ3n) is 3.49. The van der Waals surface area contributed by atoms with Crippen molar-refractivity contribution in [2.45, 2.75) is 39.5 Å². The Labute approximate surface area is 101 Å². The molecule has 1 aliphatic carbocycles. The van der Waals surface area contributed by atoms with Crippen molar-refractivity contribution in [2.75, 3.05) is 0 Å². The molecule has 0 bridgehead atoms. The quantitative estimate of drug-likeness (QED) is 0.797. The third kappa shape index (κ3) is 2.01. The van der Waals surface area contributed by atoms with Crippen molar-refractivity contribution in [1.82, 2.24) is 9.78 Å². The number of nitrogens with zero attached hydrogens (tertiary/aromatic N) is 2. The van der Waals surface area contributed by atoms with Crippen LogP contribution < -0.4 is 0 Å². The van der Waals surface area contributed by atoms with Gasteiger partial charge in [0.25, 0.3) is 0 Å². The van der Waals surface area contributed by atoms with E-state index in [1.165, 1.54) is 0 Å². The van der Waals surface area contributed by atoms with Gasteiger partial charge in [0.05, 0.1) is 16.4 Å². The number of aryl methyl sites for hydroxylation is 2. The number of rotatable bonds is 2. The summed E-state index contributed by atoms with van der Waals surface area (Å²) in [5.41, 5.74) is 1.99. The van der Waals surface area contributed by atoms with Gasteiger partial charge in [-0.1, -0.05) is 18.5 Å². The summed E-state index contributed by atoms with van der Waals surface area (Å²) >= 11 is 6.22. The number of carbonyl (C=O) groups excluding carboxylic acids is 1. The number of halogens is 1. The highest BCUT2D eigenvalue weighted by atomic mass is 35.5. The molecule has 1 aliphatic rings. The fourth-order valence-corrected chi connectivity index (χ4v) is 2.75. The summed E-state index contributed by atoms with van der Waals surface area (Å²) in [6, 6.07) is 0. The molecule has 0 aliphatic heterocycles. The Balaban J connectivity index is 2.24. The molecular weight excluding hydrogens is 224 g/mol. The number of hydrogen-bond donors (Lipinski definition) is 0. The lowest BCUT2D eigenvalue weighted by atomic mass is 9.84. The zero-order chi connectivity index (χ0) is 11.9. The van der Waals surface area contributed by atoms with Crippen LogP contribution >= 0.6 is 11.6 Å². The van der Waals surface area contributed by atoms with Crippen LogP contribution in [0.25, 0.3) is 0 Å². The minimum absolute atomic E-state index is 0.0704. The Morgan fingerprint density at radius 1 is 1.56 bits per heavy atom. The molecule has 0 saturated heterocycles. The smallest absolute Gasteiger partial charge is 0.133 e. The fourth-order valence-electron chi connectivity index (χ4n) is 2.52. The Kier molecular flexibility index (Phi) is 2.82. The number of hydrogen-bond acceptors (Lipinski definition) is 2.